The number of aryl methyl sites for hydroxylation is 2. The lowest BCUT2D eigenvalue weighted by molar-refractivity contribution is -0.151. The molecule has 1 N–H and O–H groups in total. The van der Waals surface area contributed by atoms with Crippen molar-refractivity contribution in [1.82, 2.24) is 0 Å². The van der Waals surface area contributed by atoms with Crippen LogP contribution in [0.4, 0.5) is 0 Å². The first kappa shape index (κ1) is 13.1. The lowest BCUT2D eigenvalue weighted by atomic mass is 9.70. The van der Waals surface area contributed by atoms with E-state index in [1.165, 1.54) is 23.1 Å². The molecule has 2 nitrogen and oxygen atoms in total. The Labute approximate surface area is 109 Å². The molecule has 0 spiro atoms. The lowest BCUT2D eigenvalue weighted by Crippen LogP contribution is -2.35. The van der Waals surface area contributed by atoms with E-state index in [9.17, 15) is 9.90 Å². The van der Waals surface area contributed by atoms with Crippen molar-refractivity contribution in [2.75, 3.05) is 0 Å². The molecule has 2 heteroatoms. The van der Waals surface area contributed by atoms with E-state index in [-0.39, 0.29) is 0 Å². The van der Waals surface area contributed by atoms with Crippen LogP contribution in [0.15, 0.2) is 18.2 Å². The Hall–Kier alpha value is -1.31. The molecule has 1 aromatic carbocycles. The van der Waals surface area contributed by atoms with Gasteiger partial charge in [0.05, 0.1) is 5.41 Å². The third-order valence-corrected chi connectivity index (χ3v) is 4.29. The molecule has 0 aliphatic heterocycles. The maximum atomic E-state index is 11.7. The van der Waals surface area contributed by atoms with Crippen LogP contribution in [-0.2, 0) is 11.2 Å². The highest BCUT2D eigenvalue weighted by atomic mass is 16.4. The second kappa shape index (κ2) is 5.13. The highest BCUT2D eigenvalue weighted by Crippen LogP contribution is 2.40. The van der Waals surface area contributed by atoms with Crippen LogP contribution in [0.2, 0.25) is 0 Å². The van der Waals surface area contributed by atoms with Gasteiger partial charge in [-0.2, -0.15) is 0 Å². The van der Waals surface area contributed by atoms with Crippen molar-refractivity contribution in [2.45, 2.75) is 52.4 Å². The summed E-state index contributed by atoms with van der Waals surface area (Å²) in [5.41, 5.74) is 3.15. The van der Waals surface area contributed by atoms with Crippen molar-refractivity contribution in [3.05, 3.63) is 34.9 Å². The molecule has 0 radical (unpaired) electrons. The molecule has 1 aliphatic carbocycles. The van der Waals surface area contributed by atoms with Gasteiger partial charge in [0, 0.05) is 0 Å². The van der Waals surface area contributed by atoms with E-state index in [1.54, 1.807) is 0 Å². The van der Waals surface area contributed by atoms with Gasteiger partial charge in [-0.05, 0) is 44.2 Å². The van der Waals surface area contributed by atoms with Gasteiger partial charge in [0.2, 0.25) is 0 Å². The molecular formula is C16H22O2. The summed E-state index contributed by atoms with van der Waals surface area (Å²) in [4.78, 5) is 11.7. The summed E-state index contributed by atoms with van der Waals surface area (Å²) in [7, 11) is 0. The minimum absolute atomic E-state index is 0.516. The summed E-state index contributed by atoms with van der Waals surface area (Å²) in [6, 6.07) is 6.33. The predicted molar refractivity (Wildman–Crippen MR) is 72.8 cm³/mol. The van der Waals surface area contributed by atoms with Gasteiger partial charge in [0.15, 0.2) is 0 Å². The summed E-state index contributed by atoms with van der Waals surface area (Å²) >= 11 is 0. The van der Waals surface area contributed by atoms with Gasteiger partial charge in [-0.15, -0.1) is 0 Å². The van der Waals surface area contributed by atoms with Crippen molar-refractivity contribution in [3.63, 3.8) is 0 Å². The van der Waals surface area contributed by atoms with E-state index in [4.69, 9.17) is 0 Å². The van der Waals surface area contributed by atoms with E-state index in [1.807, 2.05) is 0 Å². The maximum Gasteiger partial charge on any atom is 0.309 e. The molecule has 1 fully saturated rings. The molecule has 0 aromatic heterocycles. The van der Waals surface area contributed by atoms with Gasteiger partial charge in [-0.3, -0.25) is 4.79 Å². The minimum Gasteiger partial charge on any atom is -0.481 e. The largest absolute Gasteiger partial charge is 0.481 e. The third-order valence-electron chi connectivity index (χ3n) is 4.29. The zero-order valence-electron chi connectivity index (χ0n) is 11.3. The second-order valence-electron chi connectivity index (χ2n) is 5.75. The van der Waals surface area contributed by atoms with E-state index in [2.05, 4.69) is 32.0 Å². The zero-order chi connectivity index (χ0) is 13.2. The summed E-state index contributed by atoms with van der Waals surface area (Å²) in [6.45, 7) is 4.16. The summed E-state index contributed by atoms with van der Waals surface area (Å²) in [6.07, 6.45) is 5.63. The molecule has 1 saturated carbocycles. The predicted octanol–water partition coefficient (Wildman–Crippen LogP) is 3.88. The molecule has 2 rings (SSSR count). The van der Waals surface area contributed by atoms with Crippen LogP contribution in [-0.4, -0.2) is 11.1 Å². The molecule has 0 atom stereocenters. The van der Waals surface area contributed by atoms with Crippen LogP contribution >= 0.6 is 0 Å². The maximum absolute atomic E-state index is 11.7. The number of hydrogen-bond acceptors (Lipinski definition) is 1. The Kier molecular flexibility index (Phi) is 3.74. The molecule has 0 bridgehead atoms. The smallest absolute Gasteiger partial charge is 0.309 e. The number of benzene rings is 1. The van der Waals surface area contributed by atoms with Crippen LogP contribution in [0.5, 0.6) is 0 Å². The average molecular weight is 246 g/mol. The van der Waals surface area contributed by atoms with Gasteiger partial charge < -0.3 is 5.11 Å². The number of carbonyl (C=O) groups is 1. The molecule has 0 amide bonds. The second-order valence-corrected chi connectivity index (χ2v) is 5.75. The summed E-state index contributed by atoms with van der Waals surface area (Å²) < 4.78 is 0. The van der Waals surface area contributed by atoms with E-state index in [0.717, 1.165) is 25.7 Å². The number of aliphatic carboxylic acids is 1. The Morgan fingerprint density at radius 2 is 1.89 bits per heavy atom. The quantitative estimate of drug-likeness (QED) is 0.878. The molecule has 18 heavy (non-hydrogen) atoms. The standard InChI is InChI=1S/C16H22O2/c1-12-6-7-14(13(2)10-12)11-16(15(17)18)8-4-3-5-9-16/h6-7,10H,3-5,8-9,11H2,1-2H3,(H,17,18). The van der Waals surface area contributed by atoms with Crippen LogP contribution < -0.4 is 0 Å². The fourth-order valence-electron chi connectivity index (χ4n) is 3.10. The van der Waals surface area contributed by atoms with E-state index < -0.39 is 11.4 Å². The molecule has 0 heterocycles. The Morgan fingerprint density at radius 1 is 1.22 bits per heavy atom. The fraction of sp³-hybridized carbons (Fsp3) is 0.562. The van der Waals surface area contributed by atoms with Crippen LogP contribution in [0.1, 0.15) is 48.8 Å². The first-order valence-corrected chi connectivity index (χ1v) is 6.83. The van der Waals surface area contributed by atoms with Crippen LogP contribution in [0, 0.1) is 19.3 Å². The van der Waals surface area contributed by atoms with E-state index in [0.29, 0.717) is 6.42 Å². The highest BCUT2D eigenvalue weighted by molar-refractivity contribution is 5.75. The molecule has 0 saturated heterocycles. The van der Waals surface area contributed by atoms with Crippen molar-refractivity contribution in [2.24, 2.45) is 5.41 Å². The van der Waals surface area contributed by atoms with Gasteiger partial charge in [0.1, 0.15) is 0 Å². The number of rotatable bonds is 3. The number of hydrogen-bond donors (Lipinski definition) is 1. The van der Waals surface area contributed by atoms with Crippen LogP contribution in [0.3, 0.4) is 0 Å². The monoisotopic (exact) mass is 246 g/mol. The molecule has 1 aromatic rings. The molecule has 0 unspecified atom stereocenters. The van der Waals surface area contributed by atoms with Crippen molar-refractivity contribution < 1.29 is 9.90 Å². The molecule has 98 valence electrons. The van der Waals surface area contributed by atoms with Crippen LogP contribution in [0.25, 0.3) is 0 Å². The average Bonchev–Trinajstić information content (AvgIpc) is 2.34. The van der Waals surface area contributed by atoms with Crippen molar-refractivity contribution in [1.29, 1.82) is 0 Å². The van der Waals surface area contributed by atoms with Crippen molar-refractivity contribution in [3.8, 4) is 0 Å². The topological polar surface area (TPSA) is 37.3 Å². The first-order chi connectivity index (χ1) is 8.53. The Balaban J connectivity index is 2.26. The zero-order valence-corrected chi connectivity index (χ0v) is 11.3. The summed E-state index contributed by atoms with van der Waals surface area (Å²) in [5, 5.41) is 9.60. The number of carboxylic acid groups (broad SMARTS) is 1. The third kappa shape index (κ3) is 2.58. The molecule has 1 aliphatic rings. The normalized spacial score (nSPS) is 18.6. The highest BCUT2D eigenvalue weighted by Gasteiger charge is 2.39. The van der Waals surface area contributed by atoms with Crippen molar-refractivity contribution >= 4 is 5.97 Å². The van der Waals surface area contributed by atoms with Gasteiger partial charge in [-0.1, -0.05) is 43.0 Å². The van der Waals surface area contributed by atoms with Gasteiger partial charge in [-0.25, -0.2) is 0 Å². The number of carboxylic acids is 1. The minimum atomic E-state index is -0.609. The Bertz CT molecular complexity index is 442. The SMILES string of the molecule is Cc1ccc(CC2(C(=O)O)CCCCC2)c(C)c1. The first-order valence-electron chi connectivity index (χ1n) is 6.83. The van der Waals surface area contributed by atoms with E-state index >= 15 is 0 Å². The fourth-order valence-corrected chi connectivity index (χ4v) is 3.10. The Morgan fingerprint density at radius 3 is 2.44 bits per heavy atom. The van der Waals surface area contributed by atoms with Gasteiger partial charge >= 0.3 is 5.97 Å². The molecular weight excluding hydrogens is 224 g/mol. The summed E-state index contributed by atoms with van der Waals surface area (Å²) in [5.74, 6) is -0.609. The lowest BCUT2D eigenvalue weighted by Gasteiger charge is -2.33. The van der Waals surface area contributed by atoms with Gasteiger partial charge in [0.25, 0.3) is 0 Å².